The number of hydrogen-bond acceptors (Lipinski definition) is 8. The van der Waals surface area contributed by atoms with E-state index >= 15 is 0 Å². The molecule has 2 saturated heterocycles. The molecule has 3 unspecified atom stereocenters. The average Bonchev–Trinajstić information content (AvgIpc) is 3.00. The molecule has 2 fully saturated rings. The van der Waals surface area contributed by atoms with Crippen molar-refractivity contribution in [1.82, 2.24) is 20.2 Å². The van der Waals surface area contributed by atoms with Crippen LogP contribution in [0.5, 0.6) is 0 Å². The molecule has 0 spiro atoms. The molecule has 3 heterocycles. The fourth-order valence-corrected chi connectivity index (χ4v) is 5.18. The van der Waals surface area contributed by atoms with E-state index < -0.39 is 16.0 Å². The maximum atomic E-state index is 11.9. The molecule has 3 aromatic rings. The average molecular weight is 621 g/mol. The van der Waals surface area contributed by atoms with Crippen molar-refractivity contribution in [3.05, 3.63) is 89.2 Å². The number of halogens is 3. The van der Waals surface area contributed by atoms with Gasteiger partial charge in [-0.05, 0) is 22.8 Å². The summed E-state index contributed by atoms with van der Waals surface area (Å²) >= 11 is 16.9. The van der Waals surface area contributed by atoms with Crippen LogP contribution in [0.2, 0.25) is 0 Å². The lowest BCUT2D eigenvalue weighted by Crippen LogP contribution is -2.50. The highest BCUT2D eigenvalue weighted by atomic mass is 35.6. The monoisotopic (exact) mass is 619 g/mol. The highest BCUT2D eigenvalue weighted by molar-refractivity contribution is 6.76. The third-order valence-corrected chi connectivity index (χ3v) is 7.76. The Hall–Kier alpha value is -2.50. The minimum atomic E-state index is -2.01. The summed E-state index contributed by atoms with van der Waals surface area (Å²) in [6.07, 6.45) is 3.44. The molecule has 5 rings (SSSR count). The Labute approximate surface area is 254 Å². The van der Waals surface area contributed by atoms with Crippen LogP contribution in [-0.2, 0) is 27.4 Å². The largest absolute Gasteiger partial charge is 0.392 e. The number of hydrogen-bond donors (Lipinski definition) is 2. The molecule has 0 aliphatic carbocycles. The first-order valence-corrected chi connectivity index (χ1v) is 14.6. The normalized spacial score (nSPS) is 22.0. The first-order chi connectivity index (χ1) is 19.8. The lowest BCUT2D eigenvalue weighted by Gasteiger charge is -2.40. The van der Waals surface area contributed by atoms with Crippen LogP contribution in [0.1, 0.15) is 41.1 Å². The van der Waals surface area contributed by atoms with Crippen LogP contribution in [0.3, 0.4) is 0 Å². The highest BCUT2D eigenvalue weighted by Gasteiger charge is 2.34. The van der Waals surface area contributed by atoms with E-state index in [1.54, 1.807) is 12.4 Å². The van der Waals surface area contributed by atoms with Crippen LogP contribution in [0.15, 0.2) is 67.0 Å². The Morgan fingerprint density at radius 1 is 0.927 bits per heavy atom. The molecular weight excluding hydrogens is 589 g/mol. The van der Waals surface area contributed by atoms with Gasteiger partial charge >= 0.3 is 0 Å². The van der Waals surface area contributed by atoms with Gasteiger partial charge in [0.05, 0.1) is 18.8 Å². The number of piperazine rings is 1. The van der Waals surface area contributed by atoms with Gasteiger partial charge in [-0.25, -0.2) is 9.97 Å². The van der Waals surface area contributed by atoms with Crippen LogP contribution < -0.4 is 10.2 Å². The van der Waals surface area contributed by atoms with E-state index in [0.29, 0.717) is 6.42 Å². The van der Waals surface area contributed by atoms with E-state index in [1.165, 1.54) is 0 Å². The molecule has 2 aliphatic heterocycles. The lowest BCUT2D eigenvalue weighted by atomic mass is 9.99. The number of amides is 1. The van der Waals surface area contributed by atoms with E-state index in [2.05, 4.69) is 25.1 Å². The van der Waals surface area contributed by atoms with E-state index in [0.717, 1.165) is 60.9 Å². The quantitative estimate of drug-likeness (QED) is 0.359. The molecule has 0 bridgehead atoms. The minimum absolute atomic E-state index is 0.00533. The Kier molecular flexibility index (Phi) is 9.98. The molecule has 2 N–H and O–H groups in total. The predicted octanol–water partition coefficient (Wildman–Crippen LogP) is 4.32. The molecule has 2 aliphatic rings. The number of ether oxygens (including phenoxy) is 2. The Morgan fingerprint density at radius 3 is 2.20 bits per heavy atom. The molecule has 1 aromatic heterocycles. The van der Waals surface area contributed by atoms with Gasteiger partial charge in [0.25, 0.3) is 9.70 Å². The summed E-state index contributed by atoms with van der Waals surface area (Å²) in [4.78, 5) is 25.3. The molecule has 12 heteroatoms. The number of alkyl halides is 3. The number of anilines is 1. The summed E-state index contributed by atoms with van der Waals surface area (Å²) in [5.74, 6) is 0.0804. The van der Waals surface area contributed by atoms with Crippen molar-refractivity contribution in [1.29, 1.82) is 0 Å². The molecule has 0 saturated carbocycles. The van der Waals surface area contributed by atoms with E-state index in [1.807, 2.05) is 54.6 Å². The summed E-state index contributed by atoms with van der Waals surface area (Å²) in [7, 11) is 0. The minimum Gasteiger partial charge on any atom is -0.392 e. The number of aliphatic hydroxyl groups is 1. The van der Waals surface area contributed by atoms with Gasteiger partial charge in [-0.15, -0.1) is 0 Å². The standard InChI is InChI=1S/C29H32Cl3N5O4/c30-29(31,32)27(39)35-17-20-2-8-23(9-3-20)26-40-24(16-25(41-26)22-6-4-21(19-38)5-7-22)18-36-12-14-37(15-13-36)28-33-10-1-11-34-28/h1-11,24-26,38H,12-19H2,(H,35,39). The van der Waals surface area contributed by atoms with Crippen molar-refractivity contribution < 1.29 is 19.4 Å². The van der Waals surface area contributed by atoms with Gasteiger partial charge in [-0.2, -0.15) is 0 Å². The number of carbonyl (C=O) groups is 1. The van der Waals surface area contributed by atoms with Crippen LogP contribution in [0.4, 0.5) is 5.95 Å². The van der Waals surface area contributed by atoms with Crippen LogP contribution in [0.25, 0.3) is 0 Å². The predicted molar refractivity (Wildman–Crippen MR) is 158 cm³/mol. The number of aromatic nitrogens is 2. The van der Waals surface area contributed by atoms with Gasteiger partial charge in [-0.1, -0.05) is 83.3 Å². The lowest BCUT2D eigenvalue weighted by molar-refractivity contribution is -0.253. The van der Waals surface area contributed by atoms with Crippen molar-refractivity contribution in [2.75, 3.05) is 37.6 Å². The first-order valence-electron chi connectivity index (χ1n) is 13.5. The smallest absolute Gasteiger partial charge is 0.272 e. The molecule has 9 nitrogen and oxygen atoms in total. The van der Waals surface area contributed by atoms with Crippen molar-refractivity contribution >= 4 is 46.7 Å². The fraction of sp³-hybridized carbons (Fsp3) is 0.414. The first kappa shape index (κ1) is 30.0. The molecule has 3 atom stereocenters. The topological polar surface area (TPSA) is 100 Å². The van der Waals surface area contributed by atoms with E-state index in [4.69, 9.17) is 44.3 Å². The number of benzene rings is 2. The van der Waals surface area contributed by atoms with Gasteiger partial charge in [-0.3, -0.25) is 9.69 Å². The van der Waals surface area contributed by atoms with Crippen molar-refractivity contribution in [2.24, 2.45) is 0 Å². The second-order valence-corrected chi connectivity index (χ2v) is 12.4. The van der Waals surface area contributed by atoms with Gasteiger partial charge in [0, 0.05) is 63.6 Å². The van der Waals surface area contributed by atoms with Crippen molar-refractivity contribution in [3.63, 3.8) is 0 Å². The summed E-state index contributed by atoms with van der Waals surface area (Å²) in [6, 6.07) is 17.3. The van der Waals surface area contributed by atoms with Gasteiger partial charge < -0.3 is 24.8 Å². The van der Waals surface area contributed by atoms with Gasteiger partial charge in [0.1, 0.15) is 0 Å². The number of nitrogens with zero attached hydrogens (tertiary/aromatic N) is 4. The fourth-order valence-electron chi connectivity index (χ4n) is 4.98. The van der Waals surface area contributed by atoms with E-state index in [9.17, 15) is 9.90 Å². The van der Waals surface area contributed by atoms with Gasteiger partial charge in [0.2, 0.25) is 5.95 Å². The summed E-state index contributed by atoms with van der Waals surface area (Å²) in [5.41, 5.74) is 3.61. The SMILES string of the molecule is O=C(NCc1ccc(C2OC(CN3CCN(c4ncccn4)CC3)CC(c3ccc(CO)cc3)O2)cc1)C(Cl)(Cl)Cl. The Balaban J connectivity index is 1.25. The summed E-state index contributed by atoms with van der Waals surface area (Å²) in [5, 5.41) is 12.1. The van der Waals surface area contributed by atoms with Crippen LogP contribution >= 0.6 is 34.8 Å². The molecule has 1 amide bonds. The summed E-state index contributed by atoms with van der Waals surface area (Å²) < 4.78 is 11.0. The number of nitrogens with one attached hydrogen (secondary N) is 1. The molecule has 0 radical (unpaired) electrons. The van der Waals surface area contributed by atoms with Crippen LogP contribution in [0, 0.1) is 0 Å². The maximum Gasteiger partial charge on any atom is 0.272 e. The summed E-state index contributed by atoms with van der Waals surface area (Å²) in [6.45, 7) is 4.45. The molecule has 2 aromatic carbocycles. The highest BCUT2D eigenvalue weighted by Crippen LogP contribution is 2.38. The maximum absolute atomic E-state index is 11.9. The zero-order chi connectivity index (χ0) is 28.8. The number of carbonyl (C=O) groups excluding carboxylic acids is 1. The second kappa shape index (κ2) is 13.6. The Bertz CT molecular complexity index is 1270. The third kappa shape index (κ3) is 8.08. The number of rotatable bonds is 8. The zero-order valence-corrected chi connectivity index (χ0v) is 24.6. The van der Waals surface area contributed by atoms with Gasteiger partial charge in [0.15, 0.2) is 6.29 Å². The zero-order valence-electron chi connectivity index (χ0n) is 22.3. The number of aliphatic hydroxyl groups excluding tert-OH is 1. The Morgan fingerprint density at radius 2 is 1.56 bits per heavy atom. The molecule has 41 heavy (non-hydrogen) atoms. The van der Waals surface area contributed by atoms with E-state index in [-0.39, 0.29) is 25.4 Å². The third-order valence-electron chi connectivity index (χ3n) is 7.25. The second-order valence-electron chi connectivity index (χ2n) is 10.1. The van der Waals surface area contributed by atoms with Crippen molar-refractivity contribution in [3.8, 4) is 0 Å². The molecular formula is C29H32Cl3N5O4. The molecule has 218 valence electrons. The van der Waals surface area contributed by atoms with Crippen molar-refractivity contribution in [2.45, 2.75) is 41.9 Å². The van der Waals surface area contributed by atoms with Crippen LogP contribution in [-0.4, -0.2) is 68.5 Å².